The minimum absolute atomic E-state index is 0. The van der Waals surface area contributed by atoms with Gasteiger partial charge in [0, 0.05) is 40.7 Å². The third-order valence-corrected chi connectivity index (χ3v) is 6.75. The molecule has 0 saturated carbocycles. The molecule has 4 rings (SSSR count). The molecular weight excluding hydrogens is 591 g/mol. The normalized spacial score (nSPS) is 21.4. The van der Waals surface area contributed by atoms with E-state index in [-0.39, 0.29) is 34.1 Å². The molecule has 0 amide bonds. The number of hydrogen-bond acceptors (Lipinski definition) is 1. The fourth-order valence-corrected chi connectivity index (χ4v) is 4.61. The van der Waals surface area contributed by atoms with E-state index in [1.165, 1.54) is 101 Å². The molecule has 32 heavy (non-hydrogen) atoms. The zero-order valence-corrected chi connectivity index (χ0v) is 24.4. The average molecular weight is 638 g/mol. The van der Waals surface area contributed by atoms with Gasteiger partial charge in [0.25, 0.3) is 0 Å². The smallest absolute Gasteiger partial charge is 0.0431 e. The molecule has 0 radical (unpaired) electrons. The van der Waals surface area contributed by atoms with Crippen LogP contribution in [0.3, 0.4) is 0 Å². The monoisotopic (exact) mass is 638 g/mol. The molecule has 0 spiro atoms. The van der Waals surface area contributed by atoms with Gasteiger partial charge in [0.05, 0.1) is 0 Å². The molecule has 0 bridgehead atoms. The Morgan fingerprint density at radius 1 is 0.594 bits per heavy atom. The summed E-state index contributed by atoms with van der Waals surface area (Å²) in [4.78, 5) is 0. The van der Waals surface area contributed by atoms with E-state index < -0.39 is 0 Å². The summed E-state index contributed by atoms with van der Waals surface area (Å²) in [6.45, 7) is 0.358. The zero-order valence-electron chi connectivity index (χ0n) is 20.0. The van der Waals surface area contributed by atoms with Crippen LogP contribution in [0.5, 0.6) is 0 Å². The molecule has 188 valence electrons. The summed E-state index contributed by atoms with van der Waals surface area (Å²) >= 11 is 2.46. The van der Waals surface area contributed by atoms with E-state index in [4.69, 9.17) is 5.11 Å². The number of unbranched alkanes of at least 4 members (excludes halogenated alkanes) is 2. The molecule has 0 aromatic heterocycles. The Labute approximate surface area is 234 Å². The number of halogens is 1. The molecule has 0 aromatic rings. The van der Waals surface area contributed by atoms with Crippen molar-refractivity contribution in [1.29, 1.82) is 0 Å². The molecule has 0 saturated heterocycles. The Morgan fingerprint density at radius 2 is 1.03 bits per heavy atom. The van der Waals surface area contributed by atoms with Crippen molar-refractivity contribution in [3.8, 4) is 0 Å². The molecule has 0 fully saturated rings. The summed E-state index contributed by atoms with van der Waals surface area (Å²) in [6, 6.07) is 0. The molecule has 1 N–H and O–H groups in total. The van der Waals surface area contributed by atoms with Gasteiger partial charge in [-0.05, 0) is 106 Å². The molecule has 1 nitrogen and oxygen atoms in total. The van der Waals surface area contributed by atoms with Gasteiger partial charge >= 0.3 is 0 Å². The van der Waals surface area contributed by atoms with Crippen LogP contribution < -0.4 is 0 Å². The van der Waals surface area contributed by atoms with Crippen molar-refractivity contribution < 1.29 is 39.2 Å². The van der Waals surface area contributed by atoms with Crippen molar-refractivity contribution in [1.82, 2.24) is 0 Å². The van der Waals surface area contributed by atoms with E-state index in [9.17, 15) is 0 Å². The summed E-state index contributed by atoms with van der Waals surface area (Å²) in [5.41, 5.74) is 0. The van der Waals surface area contributed by atoms with Gasteiger partial charge in [-0.3, -0.25) is 0 Å². The number of alkyl halides is 1. The molecule has 4 heteroatoms. The molecule has 2 atom stereocenters. The molecule has 4 aliphatic carbocycles. The van der Waals surface area contributed by atoms with Crippen molar-refractivity contribution >= 4 is 22.6 Å². The molecule has 0 aliphatic heterocycles. The van der Waals surface area contributed by atoms with Crippen molar-refractivity contribution in [2.45, 2.75) is 103 Å². The van der Waals surface area contributed by atoms with Gasteiger partial charge in [0.2, 0.25) is 0 Å². The van der Waals surface area contributed by atoms with Gasteiger partial charge in [0.15, 0.2) is 0 Å². The SMILES string of the molecule is C1=CCCC1.C1=CCCC1.ICCCC[C@@H]1C=CCC1.OCCCC[C@@H]1C=CCC1.[Fe].[Fe]. The van der Waals surface area contributed by atoms with Gasteiger partial charge in [-0.2, -0.15) is 0 Å². The first-order valence-corrected chi connectivity index (χ1v) is 14.2. The topological polar surface area (TPSA) is 20.2 Å². The van der Waals surface area contributed by atoms with Gasteiger partial charge in [0.1, 0.15) is 0 Å². The summed E-state index contributed by atoms with van der Waals surface area (Å²) in [6.07, 6.45) is 39.4. The van der Waals surface area contributed by atoms with E-state index in [0.717, 1.165) is 18.3 Å². The van der Waals surface area contributed by atoms with E-state index in [1.807, 2.05) is 0 Å². The first-order valence-electron chi connectivity index (χ1n) is 12.7. The Kier molecular flexibility index (Phi) is 30.4. The Balaban J connectivity index is 0. The van der Waals surface area contributed by atoms with Crippen LogP contribution in [0.2, 0.25) is 0 Å². The third-order valence-electron chi connectivity index (χ3n) is 5.98. The number of aliphatic hydroxyl groups is 1. The van der Waals surface area contributed by atoms with Crippen LogP contribution in [0.1, 0.15) is 103 Å². The second-order valence-corrected chi connectivity index (χ2v) is 9.82. The number of allylic oxidation sites excluding steroid dienone is 8. The second kappa shape index (κ2) is 27.9. The maximum Gasteiger partial charge on any atom is 0.0431 e. The predicted octanol–water partition coefficient (Wildman–Crippen LogP) is 9.12. The van der Waals surface area contributed by atoms with Crippen LogP contribution in [-0.2, 0) is 34.1 Å². The molecule has 0 heterocycles. The minimum atomic E-state index is 0. The van der Waals surface area contributed by atoms with Crippen molar-refractivity contribution in [2.24, 2.45) is 11.8 Å². The number of hydrogen-bond donors (Lipinski definition) is 1. The van der Waals surface area contributed by atoms with Gasteiger partial charge in [-0.25, -0.2) is 0 Å². The summed E-state index contributed by atoms with van der Waals surface area (Å²) in [7, 11) is 0. The minimum Gasteiger partial charge on any atom is -0.396 e. The summed E-state index contributed by atoms with van der Waals surface area (Å²) in [5, 5.41) is 8.52. The van der Waals surface area contributed by atoms with Gasteiger partial charge in [-0.1, -0.05) is 84.0 Å². The van der Waals surface area contributed by atoms with Crippen LogP contribution in [0.25, 0.3) is 0 Å². The molecular formula is C28H47Fe2IO. The molecule has 0 aromatic carbocycles. The quantitative estimate of drug-likeness (QED) is 0.0925. The second-order valence-electron chi connectivity index (χ2n) is 8.74. The van der Waals surface area contributed by atoms with E-state index in [1.54, 1.807) is 0 Å². The maximum atomic E-state index is 8.52. The van der Waals surface area contributed by atoms with Gasteiger partial charge < -0.3 is 5.11 Å². The average Bonchev–Trinajstić information content (AvgIpc) is 3.59. The molecule has 0 unspecified atom stereocenters. The zero-order chi connectivity index (χ0) is 21.5. The number of aliphatic hydroxyl groups excluding tert-OH is 1. The van der Waals surface area contributed by atoms with E-state index >= 15 is 0 Å². The molecule has 4 aliphatic rings. The van der Waals surface area contributed by atoms with Crippen LogP contribution >= 0.6 is 22.6 Å². The first-order chi connectivity index (χ1) is 14.9. The third kappa shape index (κ3) is 22.5. The largest absolute Gasteiger partial charge is 0.396 e. The maximum absolute atomic E-state index is 8.52. The predicted molar refractivity (Wildman–Crippen MR) is 143 cm³/mol. The Hall–Kier alpha value is 0.689. The van der Waals surface area contributed by atoms with Crippen LogP contribution in [-0.4, -0.2) is 16.1 Å². The van der Waals surface area contributed by atoms with E-state index in [2.05, 4.69) is 71.2 Å². The summed E-state index contributed by atoms with van der Waals surface area (Å²) < 4.78 is 1.33. The van der Waals surface area contributed by atoms with Crippen molar-refractivity contribution in [3.63, 3.8) is 0 Å². The first kappa shape index (κ1) is 34.9. The van der Waals surface area contributed by atoms with Gasteiger partial charge in [-0.15, -0.1) is 0 Å². The van der Waals surface area contributed by atoms with Crippen molar-refractivity contribution in [2.75, 3.05) is 11.0 Å². The van der Waals surface area contributed by atoms with Crippen LogP contribution in [0.4, 0.5) is 0 Å². The van der Waals surface area contributed by atoms with Crippen LogP contribution in [0, 0.1) is 11.8 Å². The summed E-state index contributed by atoms with van der Waals surface area (Å²) in [5.74, 6) is 1.76. The fraction of sp³-hybridized carbons (Fsp3) is 0.714. The van der Waals surface area contributed by atoms with Crippen molar-refractivity contribution in [3.05, 3.63) is 48.6 Å². The standard InChI is InChI=1S/C9H15I.C9H16O.2C5H8.2Fe/c2*10-8-4-3-7-9-5-1-2-6-9;2*1-2-4-5-3-1;;/h1,5,9H,2-4,6-8H2;1,5,9-10H,2-4,6-8H2;2*1-2H,3-5H2;;/t2*9-;;;;/m11..../s1. The Bertz CT molecular complexity index is 432. The van der Waals surface area contributed by atoms with Crippen LogP contribution in [0.15, 0.2) is 48.6 Å². The number of rotatable bonds is 8. The fourth-order valence-electron chi connectivity index (χ4n) is 4.07. The van der Waals surface area contributed by atoms with E-state index in [0.29, 0.717) is 6.61 Å². The Morgan fingerprint density at radius 3 is 1.31 bits per heavy atom.